The predicted octanol–water partition coefficient (Wildman–Crippen LogP) is 4.23. The smallest absolute Gasteiger partial charge is 0.274 e. The second kappa shape index (κ2) is 8.47. The maximum atomic E-state index is 12.5. The Bertz CT molecular complexity index is 974. The highest BCUT2D eigenvalue weighted by atomic mass is 35.5. The van der Waals surface area contributed by atoms with Gasteiger partial charge in [0.1, 0.15) is 11.4 Å². The number of hydrogen-bond acceptors (Lipinski definition) is 3. The molecule has 0 aliphatic rings. The Hall–Kier alpha value is -3.18. The van der Waals surface area contributed by atoms with Crippen molar-refractivity contribution in [3.8, 4) is 0 Å². The Morgan fingerprint density at radius 3 is 2.33 bits per heavy atom. The minimum absolute atomic E-state index is 0.164. The maximum Gasteiger partial charge on any atom is 0.274 e. The molecule has 27 heavy (non-hydrogen) atoms. The summed E-state index contributed by atoms with van der Waals surface area (Å²) in [5.74, 6) is -0.727. The van der Waals surface area contributed by atoms with Gasteiger partial charge in [-0.15, -0.1) is 0 Å². The lowest BCUT2D eigenvalue weighted by molar-refractivity contribution is 0.0945. The number of aromatic nitrogens is 1. The van der Waals surface area contributed by atoms with Crippen LogP contribution in [0.25, 0.3) is 0 Å². The average Bonchev–Trinajstić information content (AvgIpc) is 2.69. The predicted molar refractivity (Wildman–Crippen MR) is 106 cm³/mol. The molecule has 0 atom stereocenters. The normalized spacial score (nSPS) is 10.3. The van der Waals surface area contributed by atoms with Gasteiger partial charge < -0.3 is 10.6 Å². The Labute approximate surface area is 162 Å². The number of rotatable bonds is 5. The van der Waals surface area contributed by atoms with Crippen LogP contribution in [0.2, 0.25) is 5.02 Å². The molecule has 0 aliphatic carbocycles. The van der Waals surface area contributed by atoms with E-state index < -0.39 is 5.91 Å². The average molecular weight is 380 g/mol. The second-order valence-corrected chi connectivity index (χ2v) is 6.43. The molecule has 0 saturated heterocycles. The van der Waals surface area contributed by atoms with E-state index in [9.17, 15) is 9.59 Å². The molecule has 0 spiro atoms. The van der Waals surface area contributed by atoms with Gasteiger partial charge >= 0.3 is 0 Å². The topological polar surface area (TPSA) is 71.1 Å². The van der Waals surface area contributed by atoms with E-state index in [-0.39, 0.29) is 17.3 Å². The molecule has 3 aromatic rings. The van der Waals surface area contributed by atoms with E-state index in [1.165, 1.54) is 0 Å². The molecule has 1 aromatic heterocycles. The van der Waals surface area contributed by atoms with Crippen molar-refractivity contribution in [3.05, 3.63) is 94.3 Å². The minimum atomic E-state index is -0.391. The summed E-state index contributed by atoms with van der Waals surface area (Å²) in [7, 11) is 0. The first-order valence-electron chi connectivity index (χ1n) is 8.39. The third-order valence-electron chi connectivity index (χ3n) is 3.95. The molecule has 2 aromatic carbocycles. The van der Waals surface area contributed by atoms with Crippen molar-refractivity contribution in [1.29, 1.82) is 0 Å². The molecule has 0 saturated carbocycles. The lowest BCUT2D eigenvalue weighted by Crippen LogP contribution is -2.25. The molecule has 2 N–H and O–H groups in total. The molecule has 2 amide bonds. The van der Waals surface area contributed by atoms with Crippen molar-refractivity contribution < 1.29 is 9.59 Å². The van der Waals surface area contributed by atoms with E-state index >= 15 is 0 Å². The maximum absolute atomic E-state index is 12.5. The van der Waals surface area contributed by atoms with Crippen LogP contribution in [0.3, 0.4) is 0 Å². The summed E-state index contributed by atoms with van der Waals surface area (Å²) in [6, 6.07) is 19.5. The third kappa shape index (κ3) is 4.92. The number of aryl methyl sites for hydroxylation is 1. The number of nitrogens with zero attached hydrogens (tertiary/aromatic N) is 1. The van der Waals surface area contributed by atoms with Crippen LogP contribution in [0.1, 0.15) is 32.1 Å². The van der Waals surface area contributed by atoms with Crippen molar-refractivity contribution in [1.82, 2.24) is 10.3 Å². The second-order valence-electron chi connectivity index (χ2n) is 5.99. The molecule has 0 aliphatic heterocycles. The first kappa shape index (κ1) is 18.6. The van der Waals surface area contributed by atoms with Crippen LogP contribution in [-0.2, 0) is 6.54 Å². The van der Waals surface area contributed by atoms with Gasteiger partial charge in [-0.1, -0.05) is 48.0 Å². The van der Waals surface area contributed by atoms with Crippen molar-refractivity contribution >= 4 is 29.1 Å². The van der Waals surface area contributed by atoms with E-state index in [1.54, 1.807) is 36.4 Å². The lowest BCUT2D eigenvalue weighted by atomic mass is 10.2. The van der Waals surface area contributed by atoms with Gasteiger partial charge in [-0.25, -0.2) is 4.98 Å². The van der Waals surface area contributed by atoms with Crippen molar-refractivity contribution in [2.75, 3.05) is 5.32 Å². The highest BCUT2D eigenvalue weighted by Gasteiger charge is 2.13. The molecule has 0 unspecified atom stereocenters. The molecule has 6 heteroatoms. The number of carbonyl (C=O) groups excluding carboxylic acids is 2. The zero-order valence-electron chi connectivity index (χ0n) is 14.7. The molecule has 0 bridgehead atoms. The summed E-state index contributed by atoms with van der Waals surface area (Å²) in [4.78, 5) is 29.0. The number of pyridine rings is 1. The van der Waals surface area contributed by atoms with Crippen LogP contribution >= 0.6 is 11.6 Å². The van der Waals surface area contributed by atoms with Gasteiger partial charge in [-0.05, 0) is 48.4 Å². The zero-order valence-corrected chi connectivity index (χ0v) is 15.5. The number of anilines is 1. The number of benzene rings is 2. The molecular formula is C21H18ClN3O2. The highest BCUT2D eigenvalue weighted by Crippen LogP contribution is 2.20. The molecule has 3 rings (SSSR count). The van der Waals surface area contributed by atoms with Crippen LogP contribution in [0.5, 0.6) is 0 Å². The summed E-state index contributed by atoms with van der Waals surface area (Å²) < 4.78 is 0. The summed E-state index contributed by atoms with van der Waals surface area (Å²) in [5, 5.41) is 6.18. The van der Waals surface area contributed by atoms with Gasteiger partial charge in [-0.3, -0.25) is 9.59 Å². The molecule has 1 heterocycles. The Morgan fingerprint density at radius 1 is 0.926 bits per heavy atom. The van der Waals surface area contributed by atoms with Crippen molar-refractivity contribution in [2.24, 2.45) is 0 Å². The monoisotopic (exact) mass is 379 g/mol. The molecule has 0 fully saturated rings. The fraction of sp³-hybridized carbons (Fsp3) is 0.0952. The van der Waals surface area contributed by atoms with Gasteiger partial charge in [0.25, 0.3) is 11.8 Å². The van der Waals surface area contributed by atoms with Gasteiger partial charge in [0.2, 0.25) is 0 Å². The summed E-state index contributed by atoms with van der Waals surface area (Å²) in [6.45, 7) is 2.24. The highest BCUT2D eigenvalue weighted by molar-refractivity contribution is 6.30. The van der Waals surface area contributed by atoms with Gasteiger partial charge in [0, 0.05) is 17.3 Å². The van der Waals surface area contributed by atoms with Crippen LogP contribution in [-0.4, -0.2) is 16.8 Å². The summed E-state index contributed by atoms with van der Waals surface area (Å²) >= 11 is 5.93. The SMILES string of the molecule is Cc1cc(Cl)ccc1NC(=O)c1cccc(C(=O)NCc2ccccc2)n1. The van der Waals surface area contributed by atoms with Gasteiger partial charge in [0.05, 0.1) is 0 Å². The third-order valence-corrected chi connectivity index (χ3v) is 4.18. The standard InChI is InChI=1S/C21H18ClN3O2/c1-14-12-16(22)10-11-17(14)25-21(27)19-9-5-8-18(24-19)20(26)23-13-15-6-3-2-4-7-15/h2-12H,13H2,1H3,(H,23,26)(H,25,27). The summed E-state index contributed by atoms with van der Waals surface area (Å²) in [6.07, 6.45) is 0. The molecule has 136 valence electrons. The first-order chi connectivity index (χ1) is 13.0. The number of carbonyl (C=O) groups is 2. The molecular weight excluding hydrogens is 362 g/mol. The zero-order chi connectivity index (χ0) is 19.2. The van der Waals surface area contributed by atoms with Crippen LogP contribution in [0, 0.1) is 6.92 Å². The number of halogens is 1. The minimum Gasteiger partial charge on any atom is -0.347 e. The largest absolute Gasteiger partial charge is 0.347 e. The molecule has 5 nitrogen and oxygen atoms in total. The quantitative estimate of drug-likeness (QED) is 0.697. The van der Waals surface area contributed by atoms with Gasteiger partial charge in [-0.2, -0.15) is 0 Å². The fourth-order valence-corrected chi connectivity index (χ4v) is 2.74. The number of amides is 2. The Balaban J connectivity index is 1.68. The van der Waals surface area contributed by atoms with Gasteiger partial charge in [0.15, 0.2) is 0 Å². The van der Waals surface area contributed by atoms with E-state index in [0.717, 1.165) is 11.1 Å². The first-order valence-corrected chi connectivity index (χ1v) is 8.77. The van der Waals surface area contributed by atoms with Crippen LogP contribution in [0.4, 0.5) is 5.69 Å². The van der Waals surface area contributed by atoms with E-state index in [4.69, 9.17) is 11.6 Å². The lowest BCUT2D eigenvalue weighted by Gasteiger charge is -2.09. The fourth-order valence-electron chi connectivity index (χ4n) is 2.51. The van der Waals surface area contributed by atoms with E-state index in [0.29, 0.717) is 17.3 Å². The van der Waals surface area contributed by atoms with E-state index in [2.05, 4.69) is 15.6 Å². The molecule has 0 radical (unpaired) electrons. The number of nitrogens with one attached hydrogen (secondary N) is 2. The van der Waals surface area contributed by atoms with Crippen LogP contribution in [0.15, 0.2) is 66.7 Å². The van der Waals surface area contributed by atoms with Crippen molar-refractivity contribution in [3.63, 3.8) is 0 Å². The van der Waals surface area contributed by atoms with Crippen LogP contribution < -0.4 is 10.6 Å². The van der Waals surface area contributed by atoms with Crippen molar-refractivity contribution in [2.45, 2.75) is 13.5 Å². The summed E-state index contributed by atoms with van der Waals surface area (Å²) in [5.41, 5.74) is 2.82. The van der Waals surface area contributed by atoms with E-state index in [1.807, 2.05) is 37.3 Å². The number of hydrogen-bond donors (Lipinski definition) is 2. The Morgan fingerprint density at radius 2 is 1.63 bits per heavy atom. The Kier molecular flexibility index (Phi) is 5.84.